The predicted octanol–water partition coefficient (Wildman–Crippen LogP) is 3.38. The number of aromatic nitrogens is 3. The van der Waals surface area contributed by atoms with Gasteiger partial charge in [0.15, 0.2) is 5.78 Å². The molecular weight excluding hydrogens is 352 g/mol. The number of nitrogens with one attached hydrogen (secondary N) is 1. The Morgan fingerprint density at radius 3 is 2.96 bits per heavy atom. The first kappa shape index (κ1) is 19.8. The fraction of sp³-hybridized carbons (Fsp3) is 0.318. The topological polar surface area (TPSA) is 80.0 Å². The number of aliphatic hydroxyl groups is 1. The van der Waals surface area contributed by atoms with Crippen molar-refractivity contribution in [2.45, 2.75) is 31.8 Å². The minimum atomic E-state index is -0.119. The van der Waals surface area contributed by atoms with Crippen LogP contribution in [0.4, 0.5) is 5.82 Å². The van der Waals surface area contributed by atoms with Gasteiger partial charge >= 0.3 is 0 Å². The van der Waals surface area contributed by atoms with Crippen molar-refractivity contribution in [3.8, 4) is 0 Å². The molecule has 2 unspecified atom stereocenters. The molecule has 6 nitrogen and oxygen atoms in total. The molecule has 2 aromatic heterocycles. The molecule has 0 spiro atoms. The van der Waals surface area contributed by atoms with E-state index in [0.29, 0.717) is 29.4 Å². The van der Waals surface area contributed by atoms with E-state index in [4.69, 9.17) is 0 Å². The zero-order chi connectivity index (χ0) is 19.9. The molecule has 0 radical (unpaired) electrons. The molecule has 1 fully saturated rings. The molecule has 1 saturated carbocycles. The van der Waals surface area contributed by atoms with Gasteiger partial charge in [-0.05, 0) is 36.8 Å². The van der Waals surface area contributed by atoms with Crippen LogP contribution in [-0.2, 0) is 6.54 Å². The van der Waals surface area contributed by atoms with Gasteiger partial charge in [0.05, 0.1) is 5.56 Å². The number of hydrogen-bond donors (Lipinski definition) is 2. The van der Waals surface area contributed by atoms with Gasteiger partial charge in [-0.15, -0.1) is 0 Å². The van der Waals surface area contributed by atoms with Crippen molar-refractivity contribution in [1.29, 1.82) is 0 Å². The molecule has 1 aliphatic rings. The summed E-state index contributed by atoms with van der Waals surface area (Å²) in [7, 11) is 0. The van der Waals surface area contributed by atoms with Crippen molar-refractivity contribution in [2.75, 3.05) is 11.9 Å². The van der Waals surface area contributed by atoms with Crippen LogP contribution in [0.1, 0.15) is 35.2 Å². The summed E-state index contributed by atoms with van der Waals surface area (Å²) in [6.07, 6.45) is 14.9. The average molecular weight is 378 g/mol. The Bertz CT molecular complexity index is 884. The zero-order valence-corrected chi connectivity index (χ0v) is 15.9. The van der Waals surface area contributed by atoms with Crippen LogP contribution in [0, 0.1) is 5.92 Å². The van der Waals surface area contributed by atoms with Crippen LogP contribution in [-0.4, -0.2) is 38.1 Å². The molecule has 0 bridgehead atoms. The standard InChI is InChI=1S/C22H26N4O2/c1-3-5-16(4-2)12-26-9-8-18(13-26)21(28)20-11-23-15-24-22(20)25-19-7-6-17(10-19)14-27/h3-5,8-9,11,13,15,17,19,27H,1-2,6-7,10,12,14H2,(H,23,24,25)/b16-5+. The molecule has 2 aromatic rings. The third-order valence-electron chi connectivity index (χ3n) is 5.07. The second-order valence-electron chi connectivity index (χ2n) is 7.07. The quantitative estimate of drug-likeness (QED) is 0.516. The Morgan fingerprint density at radius 1 is 1.39 bits per heavy atom. The molecule has 2 heterocycles. The van der Waals surface area contributed by atoms with E-state index in [0.717, 1.165) is 24.8 Å². The average Bonchev–Trinajstić information content (AvgIpc) is 3.37. The first-order chi connectivity index (χ1) is 13.6. The Morgan fingerprint density at radius 2 is 2.25 bits per heavy atom. The summed E-state index contributed by atoms with van der Waals surface area (Å²) in [5, 5.41) is 12.7. The fourth-order valence-corrected chi connectivity index (χ4v) is 3.55. The SMILES string of the molecule is C=C/C=C(\C=C)Cn1ccc(C(=O)c2cncnc2NC2CCC(CO)C2)c1. The van der Waals surface area contributed by atoms with Gasteiger partial charge in [-0.3, -0.25) is 4.79 Å². The maximum Gasteiger partial charge on any atom is 0.199 e. The monoisotopic (exact) mass is 378 g/mol. The van der Waals surface area contributed by atoms with Crippen LogP contribution in [0.25, 0.3) is 0 Å². The highest BCUT2D eigenvalue weighted by Crippen LogP contribution is 2.28. The first-order valence-electron chi connectivity index (χ1n) is 9.46. The lowest BCUT2D eigenvalue weighted by atomic mass is 10.1. The summed E-state index contributed by atoms with van der Waals surface area (Å²) in [5.74, 6) is 0.747. The van der Waals surface area contributed by atoms with E-state index in [1.54, 1.807) is 24.4 Å². The van der Waals surface area contributed by atoms with Crippen molar-refractivity contribution in [1.82, 2.24) is 14.5 Å². The van der Waals surface area contributed by atoms with Gasteiger partial charge in [-0.25, -0.2) is 9.97 Å². The number of carbonyl (C=O) groups excluding carboxylic acids is 1. The summed E-state index contributed by atoms with van der Waals surface area (Å²) in [6.45, 7) is 8.32. The van der Waals surface area contributed by atoms with Gasteiger partial charge in [0, 0.05) is 43.3 Å². The Hall–Kier alpha value is -2.99. The number of carbonyl (C=O) groups is 1. The van der Waals surface area contributed by atoms with Crippen LogP contribution in [0.5, 0.6) is 0 Å². The van der Waals surface area contributed by atoms with Gasteiger partial charge in [0.25, 0.3) is 0 Å². The lowest BCUT2D eigenvalue weighted by Gasteiger charge is -2.15. The molecule has 146 valence electrons. The normalized spacial score (nSPS) is 19.4. The van der Waals surface area contributed by atoms with Crippen LogP contribution >= 0.6 is 0 Å². The largest absolute Gasteiger partial charge is 0.396 e. The van der Waals surface area contributed by atoms with Crippen LogP contribution in [0.3, 0.4) is 0 Å². The van der Waals surface area contributed by atoms with Gasteiger partial charge < -0.3 is 15.0 Å². The molecule has 6 heteroatoms. The Kier molecular flexibility index (Phi) is 6.55. The molecule has 2 N–H and O–H groups in total. The van der Waals surface area contributed by atoms with Crippen molar-refractivity contribution in [3.63, 3.8) is 0 Å². The van der Waals surface area contributed by atoms with Gasteiger partial charge in [0.1, 0.15) is 12.1 Å². The van der Waals surface area contributed by atoms with E-state index in [1.807, 2.05) is 23.0 Å². The molecule has 0 saturated heterocycles. The van der Waals surface area contributed by atoms with E-state index in [-0.39, 0.29) is 18.4 Å². The van der Waals surface area contributed by atoms with Crippen LogP contribution in [0.15, 0.2) is 67.9 Å². The van der Waals surface area contributed by atoms with Gasteiger partial charge in [-0.2, -0.15) is 0 Å². The van der Waals surface area contributed by atoms with E-state index in [1.165, 1.54) is 6.33 Å². The lowest BCUT2D eigenvalue weighted by molar-refractivity contribution is 0.103. The maximum absolute atomic E-state index is 13.0. The summed E-state index contributed by atoms with van der Waals surface area (Å²) in [5.41, 5.74) is 2.05. The summed E-state index contributed by atoms with van der Waals surface area (Å²) >= 11 is 0. The molecule has 0 amide bonds. The Balaban J connectivity index is 1.75. The van der Waals surface area contributed by atoms with Gasteiger partial charge in [0.2, 0.25) is 0 Å². The van der Waals surface area contributed by atoms with Gasteiger partial charge in [-0.1, -0.05) is 31.4 Å². The molecule has 1 aliphatic carbocycles. The summed E-state index contributed by atoms with van der Waals surface area (Å²) in [4.78, 5) is 21.4. The highest BCUT2D eigenvalue weighted by molar-refractivity contribution is 6.11. The third-order valence-corrected chi connectivity index (χ3v) is 5.07. The van der Waals surface area contributed by atoms with Crippen molar-refractivity contribution < 1.29 is 9.90 Å². The molecule has 0 aliphatic heterocycles. The smallest absolute Gasteiger partial charge is 0.199 e. The molecule has 0 aromatic carbocycles. The lowest BCUT2D eigenvalue weighted by Crippen LogP contribution is -2.19. The molecule has 3 rings (SSSR count). The number of hydrogen-bond acceptors (Lipinski definition) is 5. The number of rotatable bonds is 9. The third kappa shape index (κ3) is 4.64. The minimum Gasteiger partial charge on any atom is -0.396 e. The number of aliphatic hydroxyl groups excluding tert-OH is 1. The minimum absolute atomic E-state index is 0.119. The van der Waals surface area contributed by atoms with Crippen molar-refractivity contribution in [3.05, 3.63) is 79.1 Å². The van der Waals surface area contributed by atoms with E-state index >= 15 is 0 Å². The first-order valence-corrected chi connectivity index (χ1v) is 9.46. The second kappa shape index (κ2) is 9.28. The van der Waals surface area contributed by atoms with E-state index in [2.05, 4.69) is 28.4 Å². The highest BCUT2D eigenvalue weighted by Gasteiger charge is 2.26. The molecule has 2 atom stereocenters. The van der Waals surface area contributed by atoms with Crippen molar-refractivity contribution in [2.24, 2.45) is 5.92 Å². The highest BCUT2D eigenvalue weighted by atomic mass is 16.3. The number of nitrogens with zero attached hydrogens (tertiary/aromatic N) is 3. The molecule has 28 heavy (non-hydrogen) atoms. The predicted molar refractivity (Wildman–Crippen MR) is 110 cm³/mol. The van der Waals surface area contributed by atoms with Crippen molar-refractivity contribution >= 4 is 11.6 Å². The maximum atomic E-state index is 13.0. The summed E-state index contributed by atoms with van der Waals surface area (Å²) in [6, 6.07) is 2.01. The molecular formula is C22H26N4O2. The fourth-order valence-electron chi connectivity index (χ4n) is 3.55. The zero-order valence-electron chi connectivity index (χ0n) is 15.9. The summed E-state index contributed by atoms with van der Waals surface area (Å²) < 4.78 is 1.93. The number of ketones is 1. The number of anilines is 1. The second-order valence-corrected chi connectivity index (χ2v) is 7.07. The van der Waals surface area contributed by atoms with E-state index in [9.17, 15) is 9.90 Å². The Labute approximate surface area is 165 Å². The van der Waals surface area contributed by atoms with E-state index < -0.39 is 0 Å². The van der Waals surface area contributed by atoms with Crippen LogP contribution in [0.2, 0.25) is 0 Å². The van der Waals surface area contributed by atoms with Crippen LogP contribution < -0.4 is 5.32 Å². The number of allylic oxidation sites excluding steroid dienone is 4.